The summed E-state index contributed by atoms with van der Waals surface area (Å²) in [5.74, 6) is 0.282. The van der Waals surface area contributed by atoms with Crippen molar-refractivity contribution in [1.82, 2.24) is 0 Å². The van der Waals surface area contributed by atoms with E-state index in [1.165, 1.54) is 6.08 Å². The van der Waals surface area contributed by atoms with Gasteiger partial charge in [0.25, 0.3) is 0 Å². The molecule has 0 atom stereocenters. The van der Waals surface area contributed by atoms with Gasteiger partial charge in [0.15, 0.2) is 0 Å². The van der Waals surface area contributed by atoms with E-state index in [4.69, 9.17) is 28.4 Å². The molecule has 0 heterocycles. The molecule has 0 unspecified atom stereocenters. The molecule has 4 aromatic rings. The second-order valence-electron chi connectivity index (χ2n) is 13.7. The molecule has 57 heavy (non-hydrogen) atoms. The highest BCUT2D eigenvalue weighted by atomic mass is 16.5. The maximum Gasteiger partial charge on any atom is 0.343 e. The van der Waals surface area contributed by atoms with Crippen LogP contribution < -0.4 is 18.9 Å². The van der Waals surface area contributed by atoms with Gasteiger partial charge in [-0.25, -0.2) is 19.2 Å². The molecular weight excluding hydrogens is 725 g/mol. The molecule has 10 nitrogen and oxygen atoms in total. The van der Waals surface area contributed by atoms with Gasteiger partial charge in [-0.1, -0.05) is 43.5 Å². The molecule has 0 saturated carbocycles. The van der Waals surface area contributed by atoms with Gasteiger partial charge in [0.1, 0.15) is 23.0 Å². The first-order valence-electron chi connectivity index (χ1n) is 19.3. The molecule has 0 aromatic heterocycles. The predicted molar refractivity (Wildman–Crippen MR) is 221 cm³/mol. The second kappa shape index (κ2) is 23.0. The van der Waals surface area contributed by atoms with E-state index in [1.54, 1.807) is 69.3 Å². The van der Waals surface area contributed by atoms with Gasteiger partial charge in [-0.3, -0.25) is 0 Å². The molecule has 4 rings (SSSR count). The summed E-state index contributed by atoms with van der Waals surface area (Å²) < 4.78 is 33.3. The number of benzene rings is 4. The lowest BCUT2D eigenvalue weighted by atomic mass is 10.0. The van der Waals surface area contributed by atoms with Crippen LogP contribution in [0.4, 0.5) is 0 Å². The van der Waals surface area contributed by atoms with E-state index in [9.17, 15) is 19.2 Å². The van der Waals surface area contributed by atoms with Gasteiger partial charge >= 0.3 is 23.9 Å². The Bertz CT molecular complexity index is 2040. The van der Waals surface area contributed by atoms with Gasteiger partial charge in [-0.05, 0) is 143 Å². The van der Waals surface area contributed by atoms with Crippen LogP contribution in [-0.4, -0.2) is 50.3 Å². The average Bonchev–Trinajstić information content (AvgIpc) is 3.20. The Labute approximate surface area is 335 Å². The van der Waals surface area contributed by atoms with E-state index in [-0.39, 0.29) is 11.9 Å². The zero-order chi connectivity index (χ0) is 41.0. The van der Waals surface area contributed by atoms with E-state index >= 15 is 0 Å². The van der Waals surface area contributed by atoms with Crippen LogP contribution in [-0.2, 0) is 23.9 Å². The van der Waals surface area contributed by atoms with Crippen molar-refractivity contribution in [3.05, 3.63) is 126 Å². The van der Waals surface area contributed by atoms with Gasteiger partial charge in [0.05, 0.1) is 32.0 Å². The number of hydrogen-bond donors (Lipinski definition) is 0. The minimum absolute atomic E-state index is 0.318. The summed E-state index contributed by atoms with van der Waals surface area (Å²) >= 11 is 0. The Hall–Kier alpha value is -6.16. The van der Waals surface area contributed by atoms with Crippen LogP contribution in [0.2, 0.25) is 0 Å². The summed E-state index contributed by atoms with van der Waals surface area (Å²) in [5, 5.41) is 1.87. The third-order valence-corrected chi connectivity index (χ3v) is 8.74. The third-order valence-electron chi connectivity index (χ3n) is 8.74. The maximum atomic E-state index is 12.8. The fraction of sp³-hybridized carbons (Fsp3) is 0.319. The van der Waals surface area contributed by atoms with Crippen LogP contribution in [0.25, 0.3) is 16.8 Å². The van der Waals surface area contributed by atoms with Crippen LogP contribution in [0.5, 0.6) is 23.0 Å². The molecule has 300 valence electrons. The number of rotatable bonds is 23. The van der Waals surface area contributed by atoms with Crippen molar-refractivity contribution in [1.29, 1.82) is 0 Å². The molecule has 10 heteroatoms. The average molecular weight is 777 g/mol. The van der Waals surface area contributed by atoms with Crippen LogP contribution in [0.3, 0.4) is 0 Å². The normalized spacial score (nSPS) is 10.9. The lowest BCUT2D eigenvalue weighted by Gasteiger charge is -2.11. The number of unbranched alkanes of at least 4 members (excludes halogenated alkanes) is 6. The van der Waals surface area contributed by atoms with Crippen molar-refractivity contribution >= 4 is 40.7 Å². The highest BCUT2D eigenvalue weighted by molar-refractivity contribution is 5.98. The van der Waals surface area contributed by atoms with Crippen molar-refractivity contribution in [2.45, 2.75) is 72.1 Å². The molecule has 4 aromatic carbocycles. The lowest BCUT2D eigenvalue weighted by Crippen LogP contribution is -2.09. The largest absolute Gasteiger partial charge is 0.494 e. The zero-order valence-corrected chi connectivity index (χ0v) is 33.1. The van der Waals surface area contributed by atoms with Crippen molar-refractivity contribution < 1.29 is 47.6 Å². The molecule has 0 N–H and O–H groups in total. The summed E-state index contributed by atoms with van der Waals surface area (Å²) in [6.45, 7) is 14.0. The number of ether oxygens (including phenoxy) is 6. The molecule has 0 aliphatic heterocycles. The van der Waals surface area contributed by atoms with E-state index in [0.29, 0.717) is 65.9 Å². The molecule has 0 saturated heterocycles. The van der Waals surface area contributed by atoms with Gasteiger partial charge in [0, 0.05) is 22.6 Å². The second-order valence-corrected chi connectivity index (χ2v) is 13.7. The Balaban J connectivity index is 1.20. The molecule has 0 amide bonds. The molecule has 0 aliphatic rings. The summed E-state index contributed by atoms with van der Waals surface area (Å²) in [6.07, 6.45) is 10.1. The van der Waals surface area contributed by atoms with Gasteiger partial charge < -0.3 is 28.4 Å². The molecule has 0 bridgehead atoms. The highest BCUT2D eigenvalue weighted by Crippen LogP contribution is 2.30. The Morgan fingerprint density at radius 1 is 0.579 bits per heavy atom. The molecule has 0 spiro atoms. The van der Waals surface area contributed by atoms with Crippen molar-refractivity contribution in [2.75, 3.05) is 26.4 Å². The van der Waals surface area contributed by atoms with Gasteiger partial charge in [0.2, 0.25) is 0 Å². The number of carbonyl (C=O) groups excluding carboxylic acids is 4. The van der Waals surface area contributed by atoms with Crippen LogP contribution in [0, 0.1) is 6.92 Å². The predicted octanol–water partition coefficient (Wildman–Crippen LogP) is 10.1. The minimum Gasteiger partial charge on any atom is -0.494 e. The van der Waals surface area contributed by atoms with E-state index in [2.05, 4.69) is 13.2 Å². The van der Waals surface area contributed by atoms with Gasteiger partial charge in [-0.2, -0.15) is 0 Å². The van der Waals surface area contributed by atoms with Crippen molar-refractivity contribution in [3.63, 3.8) is 0 Å². The van der Waals surface area contributed by atoms with Gasteiger partial charge in [-0.15, -0.1) is 0 Å². The fourth-order valence-corrected chi connectivity index (χ4v) is 5.58. The zero-order valence-electron chi connectivity index (χ0n) is 33.1. The monoisotopic (exact) mass is 776 g/mol. The number of aryl methyl sites for hydroxylation is 1. The van der Waals surface area contributed by atoms with Crippen LogP contribution >= 0.6 is 0 Å². The smallest absolute Gasteiger partial charge is 0.343 e. The number of esters is 4. The number of carbonyl (C=O) groups is 4. The first-order chi connectivity index (χ1) is 27.5. The topological polar surface area (TPSA) is 124 Å². The minimum atomic E-state index is -0.550. The van der Waals surface area contributed by atoms with Crippen molar-refractivity contribution in [3.8, 4) is 23.0 Å². The fourth-order valence-electron chi connectivity index (χ4n) is 5.58. The Kier molecular flexibility index (Phi) is 17.6. The summed E-state index contributed by atoms with van der Waals surface area (Å²) in [5.41, 5.74) is 2.63. The first-order valence-corrected chi connectivity index (χ1v) is 19.3. The van der Waals surface area contributed by atoms with E-state index in [1.807, 2.05) is 36.4 Å². The first kappa shape index (κ1) is 43.6. The van der Waals surface area contributed by atoms with E-state index < -0.39 is 11.9 Å². The molecule has 0 radical (unpaired) electrons. The lowest BCUT2D eigenvalue weighted by molar-refractivity contribution is -0.139. The summed E-state index contributed by atoms with van der Waals surface area (Å²) in [4.78, 5) is 48.5. The molecule has 0 aliphatic carbocycles. The summed E-state index contributed by atoms with van der Waals surface area (Å²) in [7, 11) is 0. The van der Waals surface area contributed by atoms with E-state index in [0.717, 1.165) is 73.5 Å². The highest BCUT2D eigenvalue weighted by Gasteiger charge is 2.13. The quantitative estimate of drug-likeness (QED) is 0.0311. The Morgan fingerprint density at radius 3 is 1.72 bits per heavy atom. The molecular formula is C47H52O10. The standard InChI is InChI=1S/C47H52O10/c1-33(2)45(49)54-30-14-8-6-12-28-52-38-22-18-37(19-23-38)47(51)56-39-24-26-42(35(5)32-39)57-44(48)27-21-36-20-25-43(41-17-11-10-16-40(36)41)53-29-13-7-9-15-31-55-46(50)34(3)4/h10-11,16-27,32H,1,3,6-9,12-15,28-31H2,2,4-5H3/b27-21+. The Morgan fingerprint density at radius 2 is 1.12 bits per heavy atom. The number of fused-ring (bicyclic) bond motifs is 1. The summed E-state index contributed by atoms with van der Waals surface area (Å²) in [6, 6.07) is 23.2. The van der Waals surface area contributed by atoms with Crippen LogP contribution in [0.15, 0.2) is 109 Å². The third kappa shape index (κ3) is 14.8. The maximum absolute atomic E-state index is 12.8. The molecule has 0 fully saturated rings. The van der Waals surface area contributed by atoms with Crippen LogP contribution in [0.1, 0.15) is 86.7 Å². The SMILES string of the molecule is C=C(C)C(=O)OCCCCCCOc1ccc(C(=O)Oc2ccc(OC(=O)/C=C/c3ccc(OCCCCCCOC(=O)C(=C)C)c4ccccc34)c(C)c2)cc1. The number of hydrogen-bond acceptors (Lipinski definition) is 10. The van der Waals surface area contributed by atoms with Crippen molar-refractivity contribution in [2.24, 2.45) is 0 Å².